The van der Waals surface area contributed by atoms with Crippen LogP contribution >= 0.6 is 0 Å². The maximum Gasteiger partial charge on any atom is 0.134 e. The summed E-state index contributed by atoms with van der Waals surface area (Å²) in [6.45, 7) is 4.60. The quantitative estimate of drug-likeness (QED) is 0.597. The van der Waals surface area contributed by atoms with Gasteiger partial charge in [-0.1, -0.05) is 30.3 Å². The zero-order valence-electron chi connectivity index (χ0n) is 15.3. The molecule has 0 unspecified atom stereocenters. The molecule has 1 aliphatic heterocycles. The summed E-state index contributed by atoms with van der Waals surface area (Å²) in [7, 11) is 0. The second-order valence-corrected chi connectivity index (χ2v) is 7.31. The number of carbonyl (C=O) groups is 1. The molecule has 0 amide bonds. The van der Waals surface area contributed by atoms with Crippen molar-refractivity contribution in [3.05, 3.63) is 59.9 Å². The Balaban J connectivity index is 1.54. The van der Waals surface area contributed by atoms with Crippen molar-refractivity contribution in [3.8, 4) is 11.1 Å². The van der Waals surface area contributed by atoms with Crippen LogP contribution in [0, 0.1) is 0 Å². The number of benzene rings is 2. The van der Waals surface area contributed by atoms with Gasteiger partial charge < -0.3 is 14.1 Å². The summed E-state index contributed by atoms with van der Waals surface area (Å²) in [6.07, 6.45) is 5.00. The summed E-state index contributed by atoms with van der Waals surface area (Å²) < 4.78 is 6.04. The first kappa shape index (κ1) is 17.0. The maximum atomic E-state index is 10.8. The smallest absolute Gasteiger partial charge is 0.134 e. The average molecular weight is 347 g/mol. The molecule has 0 N–H and O–H groups in total. The van der Waals surface area contributed by atoms with E-state index in [1.54, 1.807) is 0 Å². The molecule has 1 aliphatic rings. The van der Waals surface area contributed by atoms with Gasteiger partial charge in [-0.15, -0.1) is 0 Å². The van der Waals surface area contributed by atoms with Crippen LogP contribution in [0.1, 0.15) is 31.1 Å². The van der Waals surface area contributed by atoms with Gasteiger partial charge in [0, 0.05) is 30.8 Å². The van der Waals surface area contributed by atoms with Crippen LogP contribution in [0.25, 0.3) is 22.1 Å². The lowest BCUT2D eigenvalue weighted by Gasteiger charge is -2.19. The number of hydrogen-bond donors (Lipinski definition) is 0. The van der Waals surface area contributed by atoms with Crippen LogP contribution in [0.3, 0.4) is 0 Å². The molecule has 0 bridgehead atoms. The molecule has 1 aromatic heterocycles. The molecule has 4 rings (SSSR count). The summed E-state index contributed by atoms with van der Waals surface area (Å²) in [5.74, 6) is 1.06. The van der Waals surface area contributed by atoms with E-state index in [1.807, 2.05) is 12.1 Å². The van der Waals surface area contributed by atoms with Gasteiger partial charge in [-0.3, -0.25) is 0 Å². The monoisotopic (exact) mass is 347 g/mol. The van der Waals surface area contributed by atoms with E-state index in [9.17, 15) is 4.79 Å². The van der Waals surface area contributed by atoms with Crippen molar-refractivity contribution in [2.75, 3.05) is 13.1 Å². The van der Waals surface area contributed by atoms with Crippen LogP contribution in [-0.4, -0.2) is 30.3 Å². The van der Waals surface area contributed by atoms with E-state index in [4.69, 9.17) is 4.42 Å². The van der Waals surface area contributed by atoms with Crippen LogP contribution in [0.15, 0.2) is 52.9 Å². The highest BCUT2D eigenvalue weighted by Crippen LogP contribution is 2.28. The zero-order valence-corrected chi connectivity index (χ0v) is 15.3. The van der Waals surface area contributed by atoms with Crippen molar-refractivity contribution in [3.63, 3.8) is 0 Å². The molecular weight excluding hydrogens is 322 g/mol. The van der Waals surface area contributed by atoms with Crippen molar-refractivity contribution in [1.29, 1.82) is 0 Å². The molecule has 3 nitrogen and oxygen atoms in total. The SMILES string of the molecule is C[C@@H]1CCCN1CCc1cc2cc(-c3cccc(CC=O)c3)ccc2o1. The number of furan rings is 1. The van der Waals surface area contributed by atoms with Crippen molar-refractivity contribution < 1.29 is 9.21 Å². The van der Waals surface area contributed by atoms with E-state index in [2.05, 4.69) is 48.2 Å². The molecule has 2 aromatic carbocycles. The summed E-state index contributed by atoms with van der Waals surface area (Å²) in [4.78, 5) is 13.3. The van der Waals surface area contributed by atoms with Gasteiger partial charge in [0.2, 0.25) is 0 Å². The lowest BCUT2D eigenvalue weighted by atomic mass is 10.0. The lowest BCUT2D eigenvalue weighted by Crippen LogP contribution is -2.28. The molecule has 1 fully saturated rings. The minimum atomic E-state index is 0.459. The van der Waals surface area contributed by atoms with Gasteiger partial charge >= 0.3 is 0 Å². The van der Waals surface area contributed by atoms with Crippen molar-refractivity contribution in [2.24, 2.45) is 0 Å². The Morgan fingerprint density at radius 3 is 2.85 bits per heavy atom. The molecule has 0 spiro atoms. The van der Waals surface area contributed by atoms with E-state index in [0.29, 0.717) is 12.5 Å². The van der Waals surface area contributed by atoms with Crippen molar-refractivity contribution in [2.45, 2.75) is 38.6 Å². The van der Waals surface area contributed by atoms with Gasteiger partial charge in [-0.05, 0) is 61.2 Å². The highest BCUT2D eigenvalue weighted by molar-refractivity contribution is 5.84. The molecule has 26 heavy (non-hydrogen) atoms. The zero-order chi connectivity index (χ0) is 17.9. The van der Waals surface area contributed by atoms with Gasteiger partial charge in [-0.2, -0.15) is 0 Å². The van der Waals surface area contributed by atoms with Crippen LogP contribution in [0.5, 0.6) is 0 Å². The fraction of sp³-hybridized carbons (Fsp3) is 0.348. The highest BCUT2D eigenvalue weighted by atomic mass is 16.3. The largest absolute Gasteiger partial charge is 0.461 e. The number of fused-ring (bicyclic) bond motifs is 1. The number of nitrogens with zero attached hydrogens (tertiary/aromatic N) is 1. The first-order chi connectivity index (χ1) is 12.7. The molecule has 1 atom stereocenters. The first-order valence-electron chi connectivity index (χ1n) is 9.52. The summed E-state index contributed by atoms with van der Waals surface area (Å²) >= 11 is 0. The van der Waals surface area contributed by atoms with E-state index in [1.165, 1.54) is 19.4 Å². The van der Waals surface area contributed by atoms with E-state index < -0.39 is 0 Å². The number of likely N-dealkylation sites (tertiary alicyclic amines) is 1. The van der Waals surface area contributed by atoms with E-state index in [0.717, 1.165) is 52.7 Å². The molecule has 3 aromatic rings. The first-order valence-corrected chi connectivity index (χ1v) is 9.52. The third kappa shape index (κ3) is 3.58. The van der Waals surface area contributed by atoms with Crippen LogP contribution in [0.4, 0.5) is 0 Å². The number of aldehydes is 1. The van der Waals surface area contributed by atoms with E-state index in [-0.39, 0.29) is 0 Å². The van der Waals surface area contributed by atoms with Gasteiger partial charge in [-0.25, -0.2) is 0 Å². The number of hydrogen-bond acceptors (Lipinski definition) is 3. The molecular formula is C23H25NO2. The molecule has 0 saturated carbocycles. The normalized spacial score (nSPS) is 17.8. The number of carbonyl (C=O) groups excluding carboxylic acids is 1. The van der Waals surface area contributed by atoms with E-state index >= 15 is 0 Å². The standard InChI is InChI=1S/C23H25NO2/c1-17-4-3-11-24(17)12-9-22-16-21-15-20(7-8-23(21)26-22)19-6-2-5-18(14-19)10-13-25/h2,5-8,13-17H,3-4,9-12H2,1H3/t17-/m1/s1. The Hall–Kier alpha value is -2.39. The Bertz CT molecular complexity index is 911. The number of rotatable bonds is 6. The van der Waals surface area contributed by atoms with Crippen molar-refractivity contribution in [1.82, 2.24) is 4.90 Å². The average Bonchev–Trinajstić information content (AvgIpc) is 3.25. The second kappa shape index (κ2) is 7.46. The minimum Gasteiger partial charge on any atom is -0.461 e. The van der Waals surface area contributed by atoms with Crippen LogP contribution in [0.2, 0.25) is 0 Å². The summed E-state index contributed by atoms with van der Waals surface area (Å²) in [5.41, 5.74) is 4.29. The fourth-order valence-corrected chi connectivity index (χ4v) is 3.95. The Morgan fingerprint density at radius 2 is 2.04 bits per heavy atom. The highest BCUT2D eigenvalue weighted by Gasteiger charge is 2.20. The topological polar surface area (TPSA) is 33.5 Å². The lowest BCUT2D eigenvalue weighted by molar-refractivity contribution is -0.107. The fourth-order valence-electron chi connectivity index (χ4n) is 3.95. The van der Waals surface area contributed by atoms with Gasteiger partial charge in [0.25, 0.3) is 0 Å². The molecule has 3 heteroatoms. The van der Waals surface area contributed by atoms with Gasteiger partial charge in [0.05, 0.1) is 0 Å². The van der Waals surface area contributed by atoms with Crippen molar-refractivity contribution >= 4 is 17.3 Å². The Labute approximate surface area is 154 Å². The summed E-state index contributed by atoms with van der Waals surface area (Å²) in [6, 6.07) is 17.4. The van der Waals surface area contributed by atoms with Gasteiger partial charge in [0.15, 0.2) is 0 Å². The Kier molecular flexibility index (Phi) is 4.89. The molecule has 134 valence electrons. The van der Waals surface area contributed by atoms with Gasteiger partial charge in [0.1, 0.15) is 17.6 Å². The predicted octanol–water partition coefficient (Wildman–Crippen LogP) is 4.87. The van der Waals surface area contributed by atoms with Crippen LogP contribution < -0.4 is 0 Å². The second-order valence-electron chi connectivity index (χ2n) is 7.31. The minimum absolute atomic E-state index is 0.459. The molecule has 0 aliphatic carbocycles. The summed E-state index contributed by atoms with van der Waals surface area (Å²) in [5, 5.41) is 1.15. The maximum absolute atomic E-state index is 10.8. The predicted molar refractivity (Wildman–Crippen MR) is 105 cm³/mol. The molecule has 1 saturated heterocycles. The third-order valence-electron chi connectivity index (χ3n) is 5.48. The van der Waals surface area contributed by atoms with Crippen LogP contribution in [-0.2, 0) is 17.6 Å². The third-order valence-corrected chi connectivity index (χ3v) is 5.48. The molecule has 0 radical (unpaired) electrons. The Morgan fingerprint density at radius 1 is 1.15 bits per heavy atom. The molecule has 2 heterocycles.